The van der Waals surface area contributed by atoms with Gasteiger partial charge in [0.05, 0.1) is 37.6 Å². The van der Waals surface area contributed by atoms with Gasteiger partial charge in [0.2, 0.25) is 11.6 Å². The SMILES string of the molecule is C=CC(=O)OCCCOc1ccc(C(=O)Oc2ccc(OC(=O)c3ccc(OCCCCCCOC(=O)C(=C)C)cc3)c(F)c2F)cc1. The third kappa shape index (κ3) is 12.0. The monoisotopic (exact) mass is 666 g/mol. The van der Waals surface area contributed by atoms with Crippen molar-refractivity contribution in [2.24, 2.45) is 0 Å². The van der Waals surface area contributed by atoms with Crippen LogP contribution in [-0.2, 0) is 19.1 Å². The molecule has 254 valence electrons. The number of rotatable bonds is 19. The molecule has 0 heterocycles. The summed E-state index contributed by atoms with van der Waals surface area (Å²) in [5, 5.41) is 0. The zero-order valence-electron chi connectivity index (χ0n) is 26.5. The molecule has 0 saturated heterocycles. The van der Waals surface area contributed by atoms with Crippen molar-refractivity contribution < 1.29 is 56.4 Å². The maximum Gasteiger partial charge on any atom is 0.343 e. The topological polar surface area (TPSA) is 124 Å². The standard InChI is InChI=1S/C36H36F2O10/c1-4-31(39)45-23-9-22-44-28-16-12-26(13-17-28)36(42)48-30-19-18-29(32(37)33(30)38)47-35(41)25-10-14-27(15-11-25)43-20-7-5-6-8-21-46-34(40)24(2)3/h4,10-19H,1-2,5-9,20-23H2,3H3. The van der Waals surface area contributed by atoms with Crippen molar-refractivity contribution in [3.05, 3.63) is 108 Å². The predicted octanol–water partition coefficient (Wildman–Crippen LogP) is 6.96. The first kappa shape index (κ1) is 36.9. The van der Waals surface area contributed by atoms with Crippen molar-refractivity contribution in [2.75, 3.05) is 26.4 Å². The normalized spacial score (nSPS) is 10.4. The van der Waals surface area contributed by atoms with E-state index in [0.29, 0.717) is 36.7 Å². The van der Waals surface area contributed by atoms with Gasteiger partial charge >= 0.3 is 23.9 Å². The van der Waals surface area contributed by atoms with E-state index in [9.17, 15) is 28.0 Å². The van der Waals surface area contributed by atoms with E-state index in [4.69, 9.17) is 28.4 Å². The van der Waals surface area contributed by atoms with Gasteiger partial charge in [-0.25, -0.2) is 19.2 Å². The molecular formula is C36H36F2O10. The van der Waals surface area contributed by atoms with Crippen LogP contribution < -0.4 is 18.9 Å². The molecule has 12 heteroatoms. The molecule has 0 N–H and O–H groups in total. The highest BCUT2D eigenvalue weighted by Gasteiger charge is 2.21. The second-order valence-electron chi connectivity index (χ2n) is 10.3. The van der Waals surface area contributed by atoms with E-state index < -0.39 is 47.0 Å². The van der Waals surface area contributed by atoms with E-state index in [0.717, 1.165) is 43.9 Å². The molecule has 3 rings (SSSR count). The number of hydrogen-bond acceptors (Lipinski definition) is 10. The molecule has 0 aliphatic heterocycles. The third-order valence-electron chi connectivity index (χ3n) is 6.45. The van der Waals surface area contributed by atoms with E-state index in [-0.39, 0.29) is 24.3 Å². The Bertz CT molecular complexity index is 1580. The zero-order chi connectivity index (χ0) is 34.9. The average molecular weight is 667 g/mol. The Labute approximate surface area is 276 Å². The number of hydrogen-bond donors (Lipinski definition) is 0. The molecule has 0 spiro atoms. The van der Waals surface area contributed by atoms with Gasteiger partial charge in [-0.1, -0.05) is 13.2 Å². The maximum atomic E-state index is 14.7. The lowest BCUT2D eigenvalue weighted by Crippen LogP contribution is -2.12. The molecule has 0 atom stereocenters. The summed E-state index contributed by atoms with van der Waals surface area (Å²) in [6.45, 7) is 9.60. The highest BCUT2D eigenvalue weighted by molar-refractivity contribution is 5.92. The molecule has 0 radical (unpaired) electrons. The van der Waals surface area contributed by atoms with Crippen molar-refractivity contribution in [2.45, 2.75) is 39.0 Å². The average Bonchev–Trinajstić information content (AvgIpc) is 3.09. The van der Waals surface area contributed by atoms with Crippen LogP contribution >= 0.6 is 0 Å². The van der Waals surface area contributed by atoms with Crippen molar-refractivity contribution in [1.29, 1.82) is 0 Å². The number of unbranched alkanes of at least 4 members (excludes halogenated alkanes) is 3. The minimum atomic E-state index is -1.51. The van der Waals surface area contributed by atoms with Crippen LogP contribution in [0.2, 0.25) is 0 Å². The summed E-state index contributed by atoms with van der Waals surface area (Å²) >= 11 is 0. The molecule has 0 saturated carbocycles. The molecule has 0 fully saturated rings. The van der Waals surface area contributed by atoms with E-state index >= 15 is 0 Å². The number of halogens is 2. The van der Waals surface area contributed by atoms with Crippen molar-refractivity contribution >= 4 is 23.9 Å². The van der Waals surface area contributed by atoms with Crippen LogP contribution in [0.4, 0.5) is 8.78 Å². The van der Waals surface area contributed by atoms with Gasteiger partial charge in [-0.15, -0.1) is 0 Å². The molecule has 3 aromatic carbocycles. The van der Waals surface area contributed by atoms with Gasteiger partial charge in [0.1, 0.15) is 11.5 Å². The summed E-state index contributed by atoms with van der Waals surface area (Å²) in [7, 11) is 0. The maximum absolute atomic E-state index is 14.7. The fraction of sp³-hybridized carbons (Fsp3) is 0.278. The fourth-order valence-corrected chi connectivity index (χ4v) is 3.88. The van der Waals surface area contributed by atoms with Crippen LogP contribution in [0, 0.1) is 11.6 Å². The Hall–Kier alpha value is -5.52. The number of carbonyl (C=O) groups is 4. The molecule has 10 nitrogen and oxygen atoms in total. The highest BCUT2D eigenvalue weighted by atomic mass is 19.2. The zero-order valence-corrected chi connectivity index (χ0v) is 26.5. The molecule has 0 bridgehead atoms. The van der Waals surface area contributed by atoms with Gasteiger partial charge in [0.25, 0.3) is 0 Å². The Morgan fingerprint density at radius 1 is 0.625 bits per heavy atom. The van der Waals surface area contributed by atoms with Crippen LogP contribution in [0.15, 0.2) is 85.5 Å². The van der Waals surface area contributed by atoms with Gasteiger partial charge in [-0.05, 0) is 93.3 Å². The Morgan fingerprint density at radius 2 is 1.06 bits per heavy atom. The number of ether oxygens (including phenoxy) is 6. The summed E-state index contributed by atoms with van der Waals surface area (Å²) in [6.07, 6.45) is 4.74. The molecule has 0 aliphatic carbocycles. The van der Waals surface area contributed by atoms with Crippen molar-refractivity contribution in [3.63, 3.8) is 0 Å². The van der Waals surface area contributed by atoms with E-state index in [1.807, 2.05) is 0 Å². The summed E-state index contributed by atoms with van der Waals surface area (Å²) in [4.78, 5) is 47.4. The Kier molecular flexibility index (Phi) is 14.8. The first-order valence-corrected chi connectivity index (χ1v) is 15.1. The largest absolute Gasteiger partial charge is 0.494 e. The van der Waals surface area contributed by atoms with Gasteiger partial charge in [0, 0.05) is 18.1 Å². The Morgan fingerprint density at radius 3 is 1.52 bits per heavy atom. The quantitative estimate of drug-likeness (QED) is 0.0574. The fourth-order valence-electron chi connectivity index (χ4n) is 3.88. The minimum Gasteiger partial charge on any atom is -0.494 e. The lowest BCUT2D eigenvalue weighted by atomic mass is 10.2. The van der Waals surface area contributed by atoms with Gasteiger partial charge < -0.3 is 28.4 Å². The molecule has 0 unspecified atom stereocenters. The van der Waals surface area contributed by atoms with Gasteiger partial charge in [0.15, 0.2) is 11.5 Å². The third-order valence-corrected chi connectivity index (χ3v) is 6.45. The summed E-state index contributed by atoms with van der Waals surface area (Å²) in [5.74, 6) is -6.28. The van der Waals surface area contributed by atoms with Gasteiger partial charge in [-0.2, -0.15) is 8.78 Å². The van der Waals surface area contributed by atoms with Crippen LogP contribution in [-0.4, -0.2) is 50.3 Å². The molecule has 0 aromatic heterocycles. The van der Waals surface area contributed by atoms with E-state index in [2.05, 4.69) is 13.2 Å². The molecule has 48 heavy (non-hydrogen) atoms. The first-order valence-electron chi connectivity index (χ1n) is 15.1. The molecule has 0 amide bonds. The van der Waals surface area contributed by atoms with Crippen molar-refractivity contribution in [3.8, 4) is 23.0 Å². The second kappa shape index (κ2) is 19.2. The predicted molar refractivity (Wildman–Crippen MR) is 170 cm³/mol. The summed E-state index contributed by atoms with van der Waals surface area (Å²) in [6, 6.07) is 13.6. The van der Waals surface area contributed by atoms with Crippen molar-refractivity contribution in [1.82, 2.24) is 0 Å². The Balaban J connectivity index is 1.43. The van der Waals surface area contributed by atoms with Crippen LogP contribution in [0.25, 0.3) is 0 Å². The van der Waals surface area contributed by atoms with Crippen LogP contribution in [0.3, 0.4) is 0 Å². The number of esters is 4. The first-order chi connectivity index (χ1) is 23.1. The van der Waals surface area contributed by atoms with E-state index in [1.165, 1.54) is 36.4 Å². The lowest BCUT2D eigenvalue weighted by Gasteiger charge is -2.11. The summed E-state index contributed by atoms with van der Waals surface area (Å²) in [5.41, 5.74) is 0.486. The second-order valence-corrected chi connectivity index (χ2v) is 10.3. The van der Waals surface area contributed by atoms with Crippen LogP contribution in [0.5, 0.6) is 23.0 Å². The van der Waals surface area contributed by atoms with E-state index in [1.54, 1.807) is 19.1 Å². The molecule has 0 aliphatic rings. The summed E-state index contributed by atoms with van der Waals surface area (Å²) < 4.78 is 60.6. The minimum absolute atomic E-state index is 0.0452. The van der Waals surface area contributed by atoms with Gasteiger partial charge in [-0.3, -0.25) is 0 Å². The molecular weight excluding hydrogens is 630 g/mol. The highest BCUT2D eigenvalue weighted by Crippen LogP contribution is 2.29. The smallest absolute Gasteiger partial charge is 0.343 e. The number of benzene rings is 3. The molecule has 3 aromatic rings. The lowest BCUT2D eigenvalue weighted by molar-refractivity contribution is -0.139. The number of carbonyl (C=O) groups excluding carboxylic acids is 4. The van der Waals surface area contributed by atoms with Crippen LogP contribution in [0.1, 0.15) is 59.7 Å².